The molecule has 2 heterocycles. The largest absolute Gasteiger partial charge is 0.494 e. The fourth-order valence-corrected chi connectivity index (χ4v) is 3.78. The van der Waals surface area contributed by atoms with Gasteiger partial charge in [0.2, 0.25) is 18.0 Å². The van der Waals surface area contributed by atoms with E-state index in [4.69, 9.17) is 9.47 Å². The molecule has 0 aromatic heterocycles. The number of nitrogens with zero attached hydrogens (tertiary/aromatic N) is 1. The van der Waals surface area contributed by atoms with Crippen molar-refractivity contribution < 1.29 is 23.9 Å². The van der Waals surface area contributed by atoms with E-state index >= 15 is 0 Å². The molecule has 1 fully saturated rings. The van der Waals surface area contributed by atoms with E-state index in [2.05, 4.69) is 12.2 Å². The number of esters is 1. The van der Waals surface area contributed by atoms with Crippen molar-refractivity contribution in [3.05, 3.63) is 59.7 Å². The summed E-state index contributed by atoms with van der Waals surface area (Å²) in [5, 5.41) is 2.86. The lowest BCUT2D eigenvalue weighted by Crippen LogP contribution is -2.43. The molecule has 7 heteroatoms. The number of carbonyl (C=O) groups is 3. The summed E-state index contributed by atoms with van der Waals surface area (Å²) < 4.78 is 11.1. The van der Waals surface area contributed by atoms with Crippen molar-refractivity contribution in [3.63, 3.8) is 0 Å². The fourth-order valence-electron chi connectivity index (χ4n) is 3.78. The van der Waals surface area contributed by atoms with E-state index in [1.54, 1.807) is 48.5 Å². The zero-order valence-corrected chi connectivity index (χ0v) is 16.8. The van der Waals surface area contributed by atoms with Crippen molar-refractivity contribution in [1.82, 2.24) is 4.90 Å². The first-order valence-corrected chi connectivity index (χ1v) is 10.2. The molecule has 2 atom stereocenters. The van der Waals surface area contributed by atoms with Gasteiger partial charge in [0.05, 0.1) is 12.2 Å². The van der Waals surface area contributed by atoms with Crippen molar-refractivity contribution in [1.29, 1.82) is 0 Å². The minimum Gasteiger partial charge on any atom is -0.494 e. The lowest BCUT2D eigenvalue weighted by atomic mass is 10.1. The summed E-state index contributed by atoms with van der Waals surface area (Å²) in [6, 6.07) is 13.4. The van der Waals surface area contributed by atoms with Gasteiger partial charge < -0.3 is 14.8 Å². The van der Waals surface area contributed by atoms with Crippen LogP contribution in [0.5, 0.6) is 5.75 Å². The number of carbonyl (C=O) groups excluding carboxylic acids is 3. The first-order chi connectivity index (χ1) is 14.6. The smallest absolute Gasteiger partial charge is 0.340 e. The second-order valence-corrected chi connectivity index (χ2v) is 7.42. The predicted octanol–water partition coefficient (Wildman–Crippen LogP) is 3.66. The third kappa shape index (κ3) is 3.87. The van der Waals surface area contributed by atoms with Crippen LogP contribution >= 0.6 is 0 Å². The number of amides is 2. The maximum absolute atomic E-state index is 12.9. The summed E-state index contributed by atoms with van der Waals surface area (Å²) in [6.45, 7) is 2.76. The molecule has 2 aromatic carbocycles. The Bertz CT molecular complexity index is 956. The van der Waals surface area contributed by atoms with E-state index in [0.717, 1.165) is 18.6 Å². The molecule has 2 aromatic rings. The number of hydrogen-bond donors (Lipinski definition) is 1. The van der Waals surface area contributed by atoms with Crippen LogP contribution < -0.4 is 10.1 Å². The van der Waals surface area contributed by atoms with Crippen molar-refractivity contribution in [2.75, 3.05) is 11.9 Å². The number of unbranched alkanes of at least 4 members (excludes halogenated alkanes) is 1. The number of anilines is 1. The number of benzene rings is 2. The van der Waals surface area contributed by atoms with E-state index in [1.807, 2.05) is 0 Å². The van der Waals surface area contributed by atoms with Gasteiger partial charge >= 0.3 is 5.97 Å². The van der Waals surface area contributed by atoms with Gasteiger partial charge in [0.1, 0.15) is 11.8 Å². The zero-order valence-electron chi connectivity index (χ0n) is 16.8. The van der Waals surface area contributed by atoms with Gasteiger partial charge in [-0.2, -0.15) is 0 Å². The topological polar surface area (TPSA) is 84.9 Å². The number of nitrogens with one attached hydrogen (secondary N) is 1. The minimum atomic E-state index is -0.867. The lowest BCUT2D eigenvalue weighted by molar-refractivity contribution is -0.144. The van der Waals surface area contributed by atoms with Crippen molar-refractivity contribution in [2.24, 2.45) is 0 Å². The van der Waals surface area contributed by atoms with Gasteiger partial charge in [-0.15, -0.1) is 0 Å². The molecule has 2 amide bonds. The van der Waals surface area contributed by atoms with E-state index in [-0.39, 0.29) is 18.2 Å². The molecule has 156 valence electrons. The van der Waals surface area contributed by atoms with Crippen LogP contribution in [-0.4, -0.2) is 35.3 Å². The number of rotatable bonds is 7. The molecule has 30 heavy (non-hydrogen) atoms. The summed E-state index contributed by atoms with van der Waals surface area (Å²) in [7, 11) is 0. The van der Waals surface area contributed by atoms with Crippen LogP contribution in [0.15, 0.2) is 48.5 Å². The summed E-state index contributed by atoms with van der Waals surface area (Å²) in [5.41, 5.74) is 1.66. The van der Waals surface area contributed by atoms with Gasteiger partial charge in [0.15, 0.2) is 0 Å². The lowest BCUT2D eigenvalue weighted by Gasteiger charge is -2.29. The average molecular weight is 408 g/mol. The Balaban J connectivity index is 1.46. The number of cyclic esters (lactones) is 1. The van der Waals surface area contributed by atoms with E-state index in [1.165, 1.54) is 4.90 Å². The molecule has 0 spiro atoms. The van der Waals surface area contributed by atoms with Crippen LogP contribution in [-0.2, 0) is 14.3 Å². The summed E-state index contributed by atoms with van der Waals surface area (Å²) in [6.07, 6.45) is 1.79. The second-order valence-electron chi connectivity index (χ2n) is 7.42. The normalized spacial score (nSPS) is 20.1. The molecule has 0 saturated carbocycles. The number of hydrogen-bond acceptors (Lipinski definition) is 5. The molecule has 2 aliphatic rings. The predicted molar refractivity (Wildman–Crippen MR) is 110 cm³/mol. The highest BCUT2D eigenvalue weighted by Gasteiger charge is 2.46. The first-order valence-electron chi connectivity index (χ1n) is 10.2. The standard InChI is InChI=1S/C23H24N2O5/c1-2-3-14-29-16-10-8-15(9-11-16)24-21(27)19-12-13-20(26)25(19)22-17-6-4-5-7-18(17)23(28)30-22/h4-11,19,22H,2-3,12-14H2,1H3,(H,24,27)/t19-,22+/m0/s1. The number of ether oxygens (including phenoxy) is 2. The van der Waals surface area contributed by atoms with Crippen molar-refractivity contribution in [2.45, 2.75) is 44.9 Å². The highest BCUT2D eigenvalue weighted by Crippen LogP contribution is 2.38. The highest BCUT2D eigenvalue weighted by molar-refractivity contribution is 6.00. The molecule has 1 saturated heterocycles. The van der Waals surface area contributed by atoms with Gasteiger partial charge in [-0.05, 0) is 43.2 Å². The SMILES string of the molecule is CCCCOc1ccc(NC(=O)[C@@H]2CCC(=O)N2[C@@H]2OC(=O)c3ccccc32)cc1. The maximum Gasteiger partial charge on any atom is 0.340 e. The van der Waals surface area contributed by atoms with E-state index in [9.17, 15) is 14.4 Å². The summed E-state index contributed by atoms with van der Waals surface area (Å²) in [4.78, 5) is 39.0. The van der Waals surface area contributed by atoms with Crippen LogP contribution in [0.2, 0.25) is 0 Å². The number of fused-ring (bicyclic) bond motifs is 1. The first kappa shape index (κ1) is 19.9. The Kier molecular flexibility index (Phi) is 5.70. The molecule has 2 aliphatic heterocycles. The number of likely N-dealkylation sites (tertiary alicyclic amines) is 1. The van der Waals surface area contributed by atoms with Crippen LogP contribution in [0, 0.1) is 0 Å². The molecule has 7 nitrogen and oxygen atoms in total. The third-order valence-corrected chi connectivity index (χ3v) is 5.36. The van der Waals surface area contributed by atoms with Crippen LogP contribution in [0.1, 0.15) is 54.8 Å². The molecular formula is C23H24N2O5. The third-order valence-electron chi connectivity index (χ3n) is 5.36. The van der Waals surface area contributed by atoms with Crippen LogP contribution in [0.3, 0.4) is 0 Å². The summed E-state index contributed by atoms with van der Waals surface area (Å²) in [5.74, 6) is -0.244. The quantitative estimate of drug-likeness (QED) is 0.558. The monoisotopic (exact) mass is 408 g/mol. The minimum absolute atomic E-state index is 0.204. The Morgan fingerprint density at radius 2 is 1.93 bits per heavy atom. The Morgan fingerprint density at radius 3 is 2.70 bits per heavy atom. The van der Waals surface area contributed by atoms with Gasteiger partial charge in [-0.1, -0.05) is 31.5 Å². The fraction of sp³-hybridized carbons (Fsp3) is 0.348. The van der Waals surface area contributed by atoms with Crippen molar-refractivity contribution in [3.8, 4) is 5.75 Å². The zero-order chi connectivity index (χ0) is 21.1. The maximum atomic E-state index is 12.9. The molecule has 4 rings (SSSR count). The van der Waals surface area contributed by atoms with E-state index in [0.29, 0.717) is 29.8 Å². The van der Waals surface area contributed by atoms with Crippen LogP contribution in [0.25, 0.3) is 0 Å². The second kappa shape index (κ2) is 8.57. The molecule has 0 aliphatic carbocycles. The van der Waals surface area contributed by atoms with Gasteiger partial charge in [-0.25, -0.2) is 4.79 Å². The van der Waals surface area contributed by atoms with E-state index < -0.39 is 18.2 Å². The van der Waals surface area contributed by atoms with Crippen LogP contribution in [0.4, 0.5) is 5.69 Å². The molecular weight excluding hydrogens is 384 g/mol. The summed E-state index contributed by atoms with van der Waals surface area (Å²) >= 11 is 0. The molecule has 0 radical (unpaired) electrons. The molecule has 0 bridgehead atoms. The Hall–Kier alpha value is -3.35. The van der Waals surface area contributed by atoms with Gasteiger partial charge in [0, 0.05) is 17.7 Å². The average Bonchev–Trinajstić information content (AvgIpc) is 3.29. The van der Waals surface area contributed by atoms with Gasteiger partial charge in [0.25, 0.3) is 0 Å². The molecule has 1 N–H and O–H groups in total. The highest BCUT2D eigenvalue weighted by atomic mass is 16.6. The van der Waals surface area contributed by atoms with Crippen molar-refractivity contribution >= 4 is 23.5 Å². The Labute approximate surface area is 175 Å². The Morgan fingerprint density at radius 1 is 1.17 bits per heavy atom. The van der Waals surface area contributed by atoms with Gasteiger partial charge in [-0.3, -0.25) is 14.5 Å². The molecule has 0 unspecified atom stereocenters.